The summed E-state index contributed by atoms with van der Waals surface area (Å²) in [5.41, 5.74) is 0. The third kappa shape index (κ3) is 7.59. The van der Waals surface area contributed by atoms with Crippen LogP contribution in [-0.2, 0) is 9.84 Å². The molecule has 4 heteroatoms. The van der Waals surface area contributed by atoms with Crippen LogP contribution in [-0.4, -0.2) is 23.5 Å². The fourth-order valence-corrected chi connectivity index (χ4v) is 5.74. The monoisotopic (exact) mass is 340 g/mol. The Kier molecular flexibility index (Phi) is 9.02. The summed E-state index contributed by atoms with van der Waals surface area (Å²) in [6, 6.07) is 8.88. The Morgan fingerprint density at radius 3 is 2.14 bits per heavy atom. The van der Waals surface area contributed by atoms with E-state index in [-0.39, 0.29) is 0 Å². The summed E-state index contributed by atoms with van der Waals surface area (Å²) in [5.74, 6) is 0. The molecule has 1 aromatic carbocycles. The molecule has 0 radical (unpaired) electrons. The lowest BCUT2D eigenvalue weighted by molar-refractivity contribution is 0.584. The average Bonchev–Trinajstić information content (AvgIpc) is 2.49. The predicted molar refractivity (Wildman–Crippen MR) is 99.6 cm³/mol. The van der Waals surface area contributed by atoms with Crippen LogP contribution in [0.15, 0.2) is 29.2 Å². The largest absolute Gasteiger partial charge is 0.224 e. The molecule has 1 rings (SSSR count). The van der Waals surface area contributed by atoms with Gasteiger partial charge in [0.2, 0.25) is 0 Å². The van der Waals surface area contributed by atoms with E-state index in [9.17, 15) is 8.42 Å². The van der Waals surface area contributed by atoms with Gasteiger partial charge >= 0.3 is 0 Å². The highest BCUT2D eigenvalue weighted by atomic mass is 32.2. The van der Waals surface area contributed by atoms with Gasteiger partial charge in [-0.25, -0.2) is 8.42 Å². The first-order chi connectivity index (χ1) is 10.4. The standard InChI is InChI=1S/C18H32O2SSi/c1-4-5-6-7-8-9-10-11-15-22(3)18-14-12-13-17(16-18)21(2,19)20/h12-14,16,22H,4-11,15H2,1-3H3. The van der Waals surface area contributed by atoms with Crippen LogP contribution in [0.4, 0.5) is 0 Å². The van der Waals surface area contributed by atoms with Gasteiger partial charge in [0.25, 0.3) is 0 Å². The van der Waals surface area contributed by atoms with Crippen molar-refractivity contribution < 1.29 is 8.42 Å². The molecule has 1 aromatic rings. The molecule has 0 heterocycles. The Hall–Kier alpha value is -0.613. The molecule has 0 saturated heterocycles. The molecule has 0 aliphatic heterocycles. The van der Waals surface area contributed by atoms with Crippen molar-refractivity contribution in [2.24, 2.45) is 0 Å². The molecule has 0 aliphatic rings. The van der Waals surface area contributed by atoms with E-state index in [0.717, 1.165) is 0 Å². The molecule has 0 saturated carbocycles. The Labute approximate surface area is 138 Å². The molecule has 1 atom stereocenters. The lowest BCUT2D eigenvalue weighted by atomic mass is 10.1. The summed E-state index contributed by atoms with van der Waals surface area (Å²) in [7, 11) is -4.07. The molecule has 0 N–H and O–H groups in total. The normalized spacial score (nSPS) is 13.2. The number of sulfone groups is 1. The molecule has 22 heavy (non-hydrogen) atoms. The summed E-state index contributed by atoms with van der Waals surface area (Å²) in [6.45, 7) is 4.59. The van der Waals surface area contributed by atoms with E-state index in [1.165, 1.54) is 68.9 Å². The Morgan fingerprint density at radius 2 is 1.55 bits per heavy atom. The molecule has 1 unspecified atom stereocenters. The minimum Gasteiger partial charge on any atom is -0.224 e. The second kappa shape index (κ2) is 10.2. The molecule has 2 nitrogen and oxygen atoms in total. The lowest BCUT2D eigenvalue weighted by Gasteiger charge is -2.11. The van der Waals surface area contributed by atoms with Crippen molar-refractivity contribution in [3.8, 4) is 0 Å². The molecule has 0 aliphatic carbocycles. The van der Waals surface area contributed by atoms with Crippen LogP contribution in [0, 0.1) is 0 Å². The Bertz CT molecular complexity index is 526. The fraction of sp³-hybridized carbons (Fsp3) is 0.667. The van der Waals surface area contributed by atoms with Crippen LogP contribution in [0.5, 0.6) is 0 Å². The van der Waals surface area contributed by atoms with Crippen LogP contribution in [0.2, 0.25) is 12.6 Å². The van der Waals surface area contributed by atoms with Gasteiger partial charge in [-0.3, -0.25) is 0 Å². The highest BCUT2D eigenvalue weighted by molar-refractivity contribution is 7.90. The zero-order chi connectivity index (χ0) is 16.4. The first-order valence-corrected chi connectivity index (χ1v) is 13.2. The third-order valence-electron chi connectivity index (χ3n) is 4.35. The van der Waals surface area contributed by atoms with Crippen molar-refractivity contribution in [1.29, 1.82) is 0 Å². The topological polar surface area (TPSA) is 34.1 Å². The second-order valence-electron chi connectivity index (χ2n) is 6.51. The summed E-state index contributed by atoms with van der Waals surface area (Å²) in [6.07, 6.45) is 12.1. The van der Waals surface area contributed by atoms with Gasteiger partial charge in [-0.15, -0.1) is 0 Å². The van der Waals surface area contributed by atoms with Gasteiger partial charge in [0, 0.05) is 6.26 Å². The van der Waals surface area contributed by atoms with Gasteiger partial charge in [0.15, 0.2) is 9.84 Å². The smallest absolute Gasteiger partial charge is 0.175 e. The fourth-order valence-electron chi connectivity index (χ4n) is 2.80. The van der Waals surface area contributed by atoms with E-state index in [0.29, 0.717) is 4.90 Å². The molecule has 0 fully saturated rings. The molecular formula is C18H32O2SSi. The van der Waals surface area contributed by atoms with Crippen LogP contribution >= 0.6 is 0 Å². The zero-order valence-corrected chi connectivity index (χ0v) is 16.4. The number of unbranched alkanes of at least 4 members (excludes halogenated alkanes) is 7. The molecule has 0 bridgehead atoms. The van der Waals surface area contributed by atoms with E-state index in [1.807, 2.05) is 12.1 Å². The predicted octanol–water partition coefficient (Wildman–Crippen LogP) is 4.29. The van der Waals surface area contributed by atoms with E-state index in [2.05, 4.69) is 19.5 Å². The summed E-state index contributed by atoms with van der Waals surface area (Å²) < 4.78 is 23.3. The quantitative estimate of drug-likeness (QED) is 0.445. The van der Waals surface area contributed by atoms with Crippen molar-refractivity contribution in [3.63, 3.8) is 0 Å². The Balaban J connectivity index is 2.30. The Morgan fingerprint density at radius 1 is 0.955 bits per heavy atom. The van der Waals surface area contributed by atoms with Gasteiger partial charge in [0.1, 0.15) is 0 Å². The summed E-state index contributed by atoms with van der Waals surface area (Å²) >= 11 is 0. The summed E-state index contributed by atoms with van der Waals surface area (Å²) in [5, 5.41) is 1.28. The molecular weight excluding hydrogens is 308 g/mol. The maximum absolute atomic E-state index is 11.6. The van der Waals surface area contributed by atoms with Crippen molar-refractivity contribution >= 4 is 23.8 Å². The van der Waals surface area contributed by atoms with Crippen molar-refractivity contribution in [2.75, 3.05) is 6.26 Å². The first-order valence-electron chi connectivity index (χ1n) is 8.75. The van der Waals surface area contributed by atoms with E-state index < -0.39 is 18.6 Å². The van der Waals surface area contributed by atoms with Gasteiger partial charge in [0.05, 0.1) is 13.7 Å². The van der Waals surface area contributed by atoms with Crippen molar-refractivity contribution in [2.45, 2.75) is 75.8 Å². The minimum absolute atomic E-state index is 0.472. The average molecular weight is 341 g/mol. The molecule has 0 aromatic heterocycles. The molecule has 126 valence electrons. The van der Waals surface area contributed by atoms with E-state index in [1.54, 1.807) is 6.07 Å². The number of rotatable bonds is 11. The zero-order valence-electron chi connectivity index (χ0n) is 14.5. The maximum atomic E-state index is 11.6. The number of hydrogen-bond donors (Lipinski definition) is 0. The van der Waals surface area contributed by atoms with Crippen LogP contribution < -0.4 is 5.19 Å². The van der Waals surface area contributed by atoms with Gasteiger partial charge in [-0.2, -0.15) is 0 Å². The highest BCUT2D eigenvalue weighted by Crippen LogP contribution is 2.12. The van der Waals surface area contributed by atoms with Crippen molar-refractivity contribution in [1.82, 2.24) is 0 Å². The van der Waals surface area contributed by atoms with Crippen molar-refractivity contribution in [3.05, 3.63) is 24.3 Å². The molecule has 0 amide bonds. The molecule has 0 spiro atoms. The van der Waals surface area contributed by atoms with Gasteiger partial charge in [-0.05, 0) is 12.1 Å². The minimum atomic E-state index is -3.08. The van der Waals surface area contributed by atoms with Crippen LogP contribution in [0.3, 0.4) is 0 Å². The number of hydrogen-bond acceptors (Lipinski definition) is 2. The second-order valence-corrected chi connectivity index (χ2v) is 11.6. The maximum Gasteiger partial charge on any atom is 0.175 e. The lowest BCUT2D eigenvalue weighted by Crippen LogP contribution is -2.26. The van der Waals surface area contributed by atoms with E-state index >= 15 is 0 Å². The van der Waals surface area contributed by atoms with Gasteiger partial charge in [-0.1, -0.05) is 88.2 Å². The SMILES string of the molecule is CCCCCCCCCC[SiH](C)c1cccc(S(C)(=O)=O)c1. The van der Waals surface area contributed by atoms with Crippen LogP contribution in [0.1, 0.15) is 58.3 Å². The van der Waals surface area contributed by atoms with E-state index in [4.69, 9.17) is 0 Å². The highest BCUT2D eigenvalue weighted by Gasteiger charge is 2.11. The summed E-state index contributed by atoms with van der Waals surface area (Å²) in [4.78, 5) is 0.472. The van der Waals surface area contributed by atoms with Gasteiger partial charge < -0.3 is 0 Å². The third-order valence-corrected chi connectivity index (χ3v) is 8.23. The first kappa shape index (κ1) is 19.4. The number of benzene rings is 1. The van der Waals surface area contributed by atoms with Crippen LogP contribution in [0.25, 0.3) is 0 Å².